The average Bonchev–Trinajstić information content (AvgIpc) is 3.27. The van der Waals surface area contributed by atoms with Crippen molar-refractivity contribution in [1.29, 1.82) is 0 Å². The summed E-state index contributed by atoms with van der Waals surface area (Å²) < 4.78 is 16.5. The molecule has 0 bridgehead atoms. The van der Waals surface area contributed by atoms with Crippen LogP contribution in [-0.4, -0.2) is 45.9 Å². The van der Waals surface area contributed by atoms with Crippen LogP contribution in [0.1, 0.15) is 30.6 Å². The maximum Gasteiger partial charge on any atom is 0.191 e. The highest BCUT2D eigenvalue weighted by molar-refractivity contribution is 6.31. The van der Waals surface area contributed by atoms with Gasteiger partial charge in [-0.05, 0) is 43.0 Å². The Morgan fingerprint density at radius 3 is 2.72 bits per heavy atom. The summed E-state index contributed by atoms with van der Waals surface area (Å²) in [5.41, 5.74) is 1.12. The Balaban J connectivity index is 1.46. The van der Waals surface area contributed by atoms with Gasteiger partial charge in [-0.25, -0.2) is 0 Å². The smallest absolute Gasteiger partial charge is 0.191 e. The second-order valence-corrected chi connectivity index (χ2v) is 7.62. The van der Waals surface area contributed by atoms with Crippen molar-refractivity contribution in [2.45, 2.75) is 31.3 Å². The molecule has 29 heavy (non-hydrogen) atoms. The minimum Gasteiger partial charge on any atom is -0.467 e. The Bertz CT molecular complexity index is 758. The summed E-state index contributed by atoms with van der Waals surface area (Å²) in [6, 6.07) is 11.9. The maximum absolute atomic E-state index is 6.53. The van der Waals surface area contributed by atoms with Crippen LogP contribution < -0.4 is 10.6 Å². The fourth-order valence-electron chi connectivity index (χ4n) is 3.62. The quantitative estimate of drug-likeness (QED) is 0.368. The molecule has 0 unspecified atom stereocenters. The zero-order chi connectivity index (χ0) is 20.4. The molecule has 0 amide bonds. The number of nitrogens with one attached hydrogen (secondary N) is 2. The Labute approximate surface area is 177 Å². The molecule has 1 aromatic carbocycles. The van der Waals surface area contributed by atoms with Crippen molar-refractivity contribution in [3.8, 4) is 0 Å². The van der Waals surface area contributed by atoms with E-state index in [1.807, 2.05) is 30.3 Å². The van der Waals surface area contributed by atoms with E-state index in [0.29, 0.717) is 13.2 Å². The number of benzene rings is 1. The van der Waals surface area contributed by atoms with Crippen LogP contribution in [0.15, 0.2) is 52.1 Å². The molecule has 2 aromatic rings. The lowest BCUT2D eigenvalue weighted by Gasteiger charge is -2.38. The molecule has 158 valence electrons. The SMILES string of the molecule is CN=C(NCCCOCc1ccco1)NCC1(c2ccccc2Cl)CCOCC1. The van der Waals surface area contributed by atoms with Gasteiger partial charge in [0.15, 0.2) is 5.96 Å². The minimum absolute atomic E-state index is 0.0552. The van der Waals surface area contributed by atoms with E-state index in [1.165, 1.54) is 5.56 Å². The van der Waals surface area contributed by atoms with Crippen molar-refractivity contribution < 1.29 is 13.9 Å². The van der Waals surface area contributed by atoms with Crippen LogP contribution in [0.5, 0.6) is 0 Å². The van der Waals surface area contributed by atoms with Crippen LogP contribution in [0.2, 0.25) is 5.02 Å². The first-order chi connectivity index (χ1) is 14.2. The van der Waals surface area contributed by atoms with Crippen LogP contribution in [0.4, 0.5) is 0 Å². The number of rotatable bonds is 9. The van der Waals surface area contributed by atoms with E-state index in [9.17, 15) is 0 Å². The first kappa shape index (κ1) is 21.7. The van der Waals surface area contributed by atoms with Gasteiger partial charge in [-0.15, -0.1) is 0 Å². The molecule has 2 heterocycles. The van der Waals surface area contributed by atoms with Crippen molar-refractivity contribution in [3.63, 3.8) is 0 Å². The van der Waals surface area contributed by atoms with Crippen molar-refractivity contribution in [3.05, 3.63) is 59.0 Å². The van der Waals surface area contributed by atoms with Crippen molar-refractivity contribution in [1.82, 2.24) is 10.6 Å². The second-order valence-electron chi connectivity index (χ2n) is 7.21. The molecule has 1 aromatic heterocycles. The lowest BCUT2D eigenvalue weighted by atomic mass is 9.74. The number of guanidine groups is 1. The monoisotopic (exact) mass is 419 g/mol. The van der Waals surface area contributed by atoms with Crippen molar-refractivity contribution in [2.24, 2.45) is 4.99 Å². The number of furan rings is 1. The molecule has 1 aliphatic rings. The Hall–Kier alpha value is -2.02. The zero-order valence-corrected chi connectivity index (χ0v) is 17.7. The lowest BCUT2D eigenvalue weighted by molar-refractivity contribution is 0.0514. The van der Waals surface area contributed by atoms with E-state index >= 15 is 0 Å². The van der Waals surface area contributed by atoms with E-state index in [4.69, 9.17) is 25.5 Å². The maximum atomic E-state index is 6.53. The molecular formula is C22H30ClN3O3. The number of nitrogens with zero attached hydrogens (tertiary/aromatic N) is 1. The Kier molecular flexibility index (Phi) is 8.40. The molecule has 3 rings (SSSR count). The fourth-order valence-corrected chi connectivity index (χ4v) is 3.95. The van der Waals surface area contributed by atoms with Crippen LogP contribution >= 0.6 is 11.6 Å². The van der Waals surface area contributed by atoms with Gasteiger partial charge in [0.1, 0.15) is 12.4 Å². The first-order valence-electron chi connectivity index (χ1n) is 10.1. The molecule has 1 fully saturated rings. The Morgan fingerprint density at radius 1 is 1.17 bits per heavy atom. The number of ether oxygens (including phenoxy) is 2. The minimum atomic E-state index is -0.0552. The molecule has 0 aliphatic carbocycles. The summed E-state index contributed by atoms with van der Waals surface area (Å²) in [5, 5.41) is 7.66. The second kappa shape index (κ2) is 11.2. The number of hydrogen-bond donors (Lipinski definition) is 2. The Morgan fingerprint density at radius 2 is 2.00 bits per heavy atom. The largest absolute Gasteiger partial charge is 0.467 e. The van der Waals surface area contributed by atoms with Crippen LogP contribution in [0.3, 0.4) is 0 Å². The van der Waals surface area contributed by atoms with Gasteiger partial charge in [-0.2, -0.15) is 0 Å². The fraction of sp³-hybridized carbons (Fsp3) is 0.500. The molecule has 6 nitrogen and oxygen atoms in total. The number of halogens is 1. The van der Waals surface area contributed by atoms with Gasteiger partial charge in [0.25, 0.3) is 0 Å². The molecule has 2 N–H and O–H groups in total. The van der Waals surface area contributed by atoms with Crippen LogP contribution in [0, 0.1) is 0 Å². The summed E-state index contributed by atoms with van der Waals surface area (Å²) in [4.78, 5) is 4.35. The molecule has 0 radical (unpaired) electrons. The number of hydrogen-bond acceptors (Lipinski definition) is 4. The summed E-state index contributed by atoms with van der Waals surface area (Å²) >= 11 is 6.53. The summed E-state index contributed by atoms with van der Waals surface area (Å²) in [7, 11) is 1.79. The summed E-state index contributed by atoms with van der Waals surface area (Å²) in [6.07, 6.45) is 4.40. The van der Waals surface area contributed by atoms with Crippen molar-refractivity contribution >= 4 is 17.6 Å². The molecule has 0 atom stereocenters. The third kappa shape index (κ3) is 6.23. The molecule has 7 heteroatoms. The third-order valence-electron chi connectivity index (χ3n) is 5.30. The normalized spacial score (nSPS) is 16.6. The van der Waals surface area contributed by atoms with Gasteiger partial charge < -0.3 is 24.5 Å². The third-order valence-corrected chi connectivity index (χ3v) is 5.62. The molecular weight excluding hydrogens is 390 g/mol. The average molecular weight is 420 g/mol. The summed E-state index contributed by atoms with van der Waals surface area (Å²) in [6.45, 7) is 4.18. The highest BCUT2D eigenvalue weighted by Gasteiger charge is 2.36. The van der Waals surface area contributed by atoms with Gasteiger partial charge in [0.05, 0.1) is 6.26 Å². The van der Waals surface area contributed by atoms with E-state index in [2.05, 4.69) is 21.7 Å². The van der Waals surface area contributed by atoms with E-state index in [1.54, 1.807) is 13.3 Å². The van der Waals surface area contributed by atoms with Gasteiger partial charge in [0, 0.05) is 50.4 Å². The highest BCUT2D eigenvalue weighted by Crippen LogP contribution is 2.38. The molecule has 0 spiro atoms. The van der Waals surface area contributed by atoms with E-state index in [-0.39, 0.29) is 5.41 Å². The highest BCUT2D eigenvalue weighted by atomic mass is 35.5. The van der Waals surface area contributed by atoms with Gasteiger partial charge >= 0.3 is 0 Å². The first-order valence-corrected chi connectivity index (χ1v) is 10.5. The van der Waals surface area contributed by atoms with E-state index < -0.39 is 0 Å². The predicted molar refractivity (Wildman–Crippen MR) is 116 cm³/mol. The van der Waals surface area contributed by atoms with Gasteiger partial charge in [0.2, 0.25) is 0 Å². The van der Waals surface area contributed by atoms with Gasteiger partial charge in [-0.3, -0.25) is 4.99 Å². The molecule has 0 saturated carbocycles. The number of aliphatic imine (C=N–C) groups is 1. The topological polar surface area (TPSA) is 68.0 Å². The van der Waals surface area contributed by atoms with Crippen LogP contribution in [-0.2, 0) is 21.5 Å². The zero-order valence-electron chi connectivity index (χ0n) is 17.0. The van der Waals surface area contributed by atoms with Crippen molar-refractivity contribution in [2.75, 3.05) is 40.0 Å². The molecule has 1 saturated heterocycles. The van der Waals surface area contributed by atoms with Crippen LogP contribution in [0.25, 0.3) is 0 Å². The van der Waals surface area contributed by atoms with Gasteiger partial charge in [-0.1, -0.05) is 29.8 Å². The molecule has 1 aliphatic heterocycles. The predicted octanol–water partition coefficient (Wildman–Crippen LogP) is 3.75. The lowest BCUT2D eigenvalue weighted by Crippen LogP contribution is -2.48. The summed E-state index contributed by atoms with van der Waals surface area (Å²) in [5.74, 6) is 1.63. The van der Waals surface area contributed by atoms with E-state index in [0.717, 1.165) is 62.3 Å². The standard InChI is InChI=1S/C22H30ClN3O3/c1-24-21(25-11-5-12-28-16-18-6-4-13-29-18)26-17-22(9-14-27-15-10-22)19-7-2-3-8-20(19)23/h2-4,6-8,13H,5,9-12,14-17H2,1H3,(H2,24,25,26).